The summed E-state index contributed by atoms with van der Waals surface area (Å²) in [6, 6.07) is 4.51. The molecule has 1 saturated heterocycles. The van der Waals surface area contributed by atoms with E-state index in [-0.39, 0.29) is 12.3 Å². The van der Waals surface area contributed by atoms with Crippen LogP contribution in [-0.2, 0) is 4.79 Å². The Bertz CT molecular complexity index is 607. The highest BCUT2D eigenvalue weighted by Gasteiger charge is 2.19. The van der Waals surface area contributed by atoms with Crippen molar-refractivity contribution in [2.24, 2.45) is 4.99 Å². The maximum Gasteiger partial charge on any atom is 0.213 e. The second-order valence-electron chi connectivity index (χ2n) is 6.12. The van der Waals surface area contributed by atoms with E-state index < -0.39 is 0 Å². The molecule has 0 aliphatic carbocycles. The standard InChI is InChI=1S/C18H23N3O2/c1-14-4-2-9-21(14)10-3-11-23-18-8-5-15(12-20-18)17-7-6-16(22)13-19-17/h5-8,12,14H,2-4,9-11,13H2,1H3/t14-/m1/s1. The van der Waals surface area contributed by atoms with Gasteiger partial charge in [-0.3, -0.25) is 9.79 Å². The molecule has 0 N–H and O–H groups in total. The second kappa shape index (κ2) is 7.51. The predicted molar refractivity (Wildman–Crippen MR) is 90.2 cm³/mol. The van der Waals surface area contributed by atoms with Crippen LogP contribution in [0.3, 0.4) is 0 Å². The normalized spacial score (nSPS) is 21.5. The molecule has 1 aromatic heterocycles. The van der Waals surface area contributed by atoms with Crippen molar-refractivity contribution in [1.82, 2.24) is 9.88 Å². The number of carbonyl (C=O) groups excluding carboxylic acids is 1. The minimum absolute atomic E-state index is 0.0361. The van der Waals surface area contributed by atoms with E-state index in [4.69, 9.17) is 4.74 Å². The molecule has 1 aromatic rings. The number of aromatic nitrogens is 1. The fourth-order valence-corrected chi connectivity index (χ4v) is 3.01. The van der Waals surface area contributed by atoms with Gasteiger partial charge in [0.2, 0.25) is 5.88 Å². The Morgan fingerprint density at radius 2 is 2.26 bits per heavy atom. The minimum Gasteiger partial charge on any atom is -0.478 e. The molecular formula is C18H23N3O2. The molecular weight excluding hydrogens is 290 g/mol. The van der Waals surface area contributed by atoms with Gasteiger partial charge in [-0.25, -0.2) is 4.98 Å². The number of nitrogens with zero attached hydrogens (tertiary/aromatic N) is 3. The van der Waals surface area contributed by atoms with Crippen molar-refractivity contribution in [3.8, 4) is 5.88 Å². The monoisotopic (exact) mass is 313 g/mol. The van der Waals surface area contributed by atoms with Crippen molar-refractivity contribution in [3.05, 3.63) is 36.0 Å². The number of hydrogen-bond donors (Lipinski definition) is 0. The van der Waals surface area contributed by atoms with Crippen molar-refractivity contribution in [2.45, 2.75) is 32.2 Å². The van der Waals surface area contributed by atoms with Gasteiger partial charge in [-0.2, -0.15) is 0 Å². The van der Waals surface area contributed by atoms with E-state index in [1.165, 1.54) is 19.4 Å². The van der Waals surface area contributed by atoms with E-state index in [0.717, 1.165) is 24.2 Å². The van der Waals surface area contributed by atoms with Crippen LogP contribution in [-0.4, -0.2) is 53.7 Å². The number of allylic oxidation sites excluding steroid dienone is 1. The molecule has 3 rings (SSSR count). The van der Waals surface area contributed by atoms with Gasteiger partial charge in [-0.05, 0) is 50.9 Å². The molecule has 0 spiro atoms. The molecule has 1 atom stereocenters. The summed E-state index contributed by atoms with van der Waals surface area (Å²) < 4.78 is 5.71. The topological polar surface area (TPSA) is 54.8 Å². The van der Waals surface area contributed by atoms with E-state index in [1.54, 1.807) is 18.3 Å². The van der Waals surface area contributed by atoms with Gasteiger partial charge in [0.05, 0.1) is 12.3 Å². The highest BCUT2D eigenvalue weighted by atomic mass is 16.5. The van der Waals surface area contributed by atoms with Crippen LogP contribution in [0.5, 0.6) is 5.88 Å². The summed E-state index contributed by atoms with van der Waals surface area (Å²) in [5.74, 6) is 0.675. The molecule has 0 saturated carbocycles. The van der Waals surface area contributed by atoms with Gasteiger partial charge in [0.1, 0.15) is 6.54 Å². The van der Waals surface area contributed by atoms with Crippen molar-refractivity contribution < 1.29 is 9.53 Å². The number of dihydropyridines is 1. The van der Waals surface area contributed by atoms with Crippen molar-refractivity contribution in [3.63, 3.8) is 0 Å². The highest BCUT2D eigenvalue weighted by molar-refractivity contribution is 6.14. The quantitative estimate of drug-likeness (QED) is 0.756. The summed E-state index contributed by atoms with van der Waals surface area (Å²) in [7, 11) is 0. The number of ether oxygens (including phenoxy) is 1. The largest absolute Gasteiger partial charge is 0.478 e. The van der Waals surface area contributed by atoms with Crippen LogP contribution in [0.25, 0.3) is 0 Å². The van der Waals surface area contributed by atoms with Gasteiger partial charge in [0.15, 0.2) is 5.78 Å². The van der Waals surface area contributed by atoms with Crippen LogP contribution in [0.4, 0.5) is 0 Å². The summed E-state index contributed by atoms with van der Waals surface area (Å²) in [6.07, 6.45) is 8.69. The Morgan fingerprint density at radius 3 is 2.91 bits per heavy atom. The number of hydrogen-bond acceptors (Lipinski definition) is 5. The molecule has 122 valence electrons. The van der Waals surface area contributed by atoms with Gasteiger partial charge in [0.25, 0.3) is 0 Å². The molecule has 2 aliphatic rings. The zero-order chi connectivity index (χ0) is 16.1. The van der Waals surface area contributed by atoms with Gasteiger partial charge < -0.3 is 9.64 Å². The van der Waals surface area contributed by atoms with E-state index in [2.05, 4.69) is 21.8 Å². The van der Waals surface area contributed by atoms with Crippen molar-refractivity contribution in [2.75, 3.05) is 26.2 Å². The Balaban J connectivity index is 1.44. The molecule has 0 radical (unpaired) electrons. The molecule has 0 aromatic carbocycles. The third kappa shape index (κ3) is 4.26. The zero-order valence-electron chi connectivity index (χ0n) is 13.6. The highest BCUT2D eigenvalue weighted by Crippen LogP contribution is 2.16. The Labute approximate surface area is 137 Å². The van der Waals surface area contributed by atoms with Crippen LogP contribution in [0.15, 0.2) is 35.5 Å². The number of rotatable bonds is 6. The number of likely N-dealkylation sites (tertiary alicyclic amines) is 1. The summed E-state index contributed by atoms with van der Waals surface area (Å²) in [5, 5.41) is 0. The number of ketones is 1. The molecule has 0 bridgehead atoms. The SMILES string of the molecule is C[C@@H]1CCCN1CCCOc1ccc(C2=NCC(=O)C=C2)cn1. The number of pyridine rings is 1. The van der Waals surface area contributed by atoms with Crippen LogP contribution in [0.2, 0.25) is 0 Å². The van der Waals surface area contributed by atoms with Crippen LogP contribution < -0.4 is 4.74 Å². The average molecular weight is 313 g/mol. The summed E-state index contributed by atoms with van der Waals surface area (Å²) in [6.45, 7) is 5.51. The van der Waals surface area contributed by atoms with Gasteiger partial charge in [-0.1, -0.05) is 0 Å². The third-order valence-corrected chi connectivity index (χ3v) is 4.39. The maximum atomic E-state index is 11.1. The van der Waals surface area contributed by atoms with E-state index in [1.807, 2.05) is 12.1 Å². The summed E-state index contributed by atoms with van der Waals surface area (Å²) in [5.41, 5.74) is 1.71. The molecule has 1 fully saturated rings. The molecule has 23 heavy (non-hydrogen) atoms. The van der Waals surface area contributed by atoms with Gasteiger partial charge in [0, 0.05) is 30.4 Å². The fraction of sp³-hybridized carbons (Fsp3) is 0.500. The first-order valence-corrected chi connectivity index (χ1v) is 8.31. The van der Waals surface area contributed by atoms with Gasteiger partial charge in [-0.15, -0.1) is 0 Å². The number of aliphatic imine (C=N–C) groups is 1. The first-order chi connectivity index (χ1) is 11.2. The molecule has 3 heterocycles. The van der Waals surface area contributed by atoms with Crippen LogP contribution in [0, 0.1) is 0 Å². The number of carbonyl (C=O) groups is 1. The molecule has 2 aliphatic heterocycles. The lowest BCUT2D eigenvalue weighted by molar-refractivity contribution is -0.113. The molecule has 5 heteroatoms. The van der Waals surface area contributed by atoms with E-state index in [9.17, 15) is 4.79 Å². The second-order valence-corrected chi connectivity index (χ2v) is 6.12. The van der Waals surface area contributed by atoms with Crippen molar-refractivity contribution >= 4 is 11.5 Å². The lowest BCUT2D eigenvalue weighted by Crippen LogP contribution is -2.28. The zero-order valence-corrected chi connectivity index (χ0v) is 13.6. The average Bonchev–Trinajstić information content (AvgIpc) is 2.98. The van der Waals surface area contributed by atoms with Gasteiger partial charge >= 0.3 is 0 Å². The van der Waals surface area contributed by atoms with Crippen LogP contribution >= 0.6 is 0 Å². The summed E-state index contributed by atoms with van der Waals surface area (Å²) in [4.78, 5) is 22.2. The maximum absolute atomic E-state index is 11.1. The third-order valence-electron chi connectivity index (χ3n) is 4.39. The van der Waals surface area contributed by atoms with Crippen LogP contribution in [0.1, 0.15) is 31.7 Å². The van der Waals surface area contributed by atoms with Crippen molar-refractivity contribution in [1.29, 1.82) is 0 Å². The first-order valence-electron chi connectivity index (χ1n) is 8.31. The first kappa shape index (κ1) is 15.9. The molecule has 0 amide bonds. The Morgan fingerprint density at radius 1 is 1.35 bits per heavy atom. The summed E-state index contributed by atoms with van der Waals surface area (Å²) >= 11 is 0. The molecule has 5 nitrogen and oxygen atoms in total. The minimum atomic E-state index is 0.0361. The van der Waals surface area contributed by atoms with E-state index in [0.29, 0.717) is 18.5 Å². The Kier molecular flexibility index (Phi) is 5.18. The Hall–Kier alpha value is -2.01. The van der Waals surface area contributed by atoms with E-state index >= 15 is 0 Å². The fourth-order valence-electron chi connectivity index (χ4n) is 3.01. The predicted octanol–water partition coefficient (Wildman–Crippen LogP) is 2.26. The smallest absolute Gasteiger partial charge is 0.213 e. The lowest BCUT2D eigenvalue weighted by Gasteiger charge is -2.20. The lowest BCUT2D eigenvalue weighted by atomic mass is 10.1. The molecule has 0 unspecified atom stereocenters.